The fourth-order valence-corrected chi connectivity index (χ4v) is 4.17. The molecule has 25 heavy (non-hydrogen) atoms. The number of likely N-dealkylation sites (tertiary alicyclic amines) is 1. The molecule has 0 bridgehead atoms. The van der Waals surface area contributed by atoms with Gasteiger partial charge in [-0.2, -0.15) is 0 Å². The van der Waals surface area contributed by atoms with Gasteiger partial charge in [0.25, 0.3) is 0 Å². The third-order valence-corrected chi connectivity index (χ3v) is 6.40. The standard InChI is InChI=1S/C18H27N3O3S/c22-18(8-11-20-25(23,24)17-4-2-1-3-5-17)21-12-9-16(10-13-21)19-14-15-6-7-15/h1-5,15-16,19-20H,6-14H2. The summed E-state index contributed by atoms with van der Waals surface area (Å²) in [6.45, 7) is 2.76. The minimum absolute atomic E-state index is 0.0244. The van der Waals surface area contributed by atoms with E-state index in [-0.39, 0.29) is 23.8 Å². The van der Waals surface area contributed by atoms with Crippen LogP contribution in [0.5, 0.6) is 0 Å². The van der Waals surface area contributed by atoms with Gasteiger partial charge in [0, 0.05) is 32.1 Å². The second-order valence-corrected chi connectivity index (χ2v) is 8.73. The van der Waals surface area contributed by atoms with Crippen LogP contribution in [0.15, 0.2) is 35.2 Å². The maximum Gasteiger partial charge on any atom is 0.240 e. The van der Waals surface area contributed by atoms with Gasteiger partial charge in [0.1, 0.15) is 0 Å². The largest absolute Gasteiger partial charge is 0.343 e. The molecule has 0 unspecified atom stereocenters. The first kappa shape index (κ1) is 18.4. The fourth-order valence-electron chi connectivity index (χ4n) is 3.12. The molecule has 2 N–H and O–H groups in total. The van der Waals surface area contributed by atoms with E-state index in [4.69, 9.17) is 0 Å². The normalized spacial score (nSPS) is 19.1. The number of hydrogen-bond acceptors (Lipinski definition) is 4. The van der Waals surface area contributed by atoms with E-state index in [1.54, 1.807) is 30.3 Å². The molecule has 6 nitrogen and oxygen atoms in total. The van der Waals surface area contributed by atoms with Gasteiger partial charge in [-0.15, -0.1) is 0 Å². The van der Waals surface area contributed by atoms with E-state index in [1.165, 1.54) is 12.8 Å². The van der Waals surface area contributed by atoms with Gasteiger partial charge in [0.15, 0.2) is 0 Å². The second-order valence-electron chi connectivity index (χ2n) is 6.97. The number of carbonyl (C=O) groups excluding carboxylic acids is 1. The van der Waals surface area contributed by atoms with Gasteiger partial charge in [-0.05, 0) is 50.3 Å². The molecule has 0 spiro atoms. The Kier molecular flexibility index (Phi) is 6.09. The maximum absolute atomic E-state index is 12.3. The van der Waals surface area contributed by atoms with Crippen molar-refractivity contribution in [1.82, 2.24) is 14.9 Å². The second kappa shape index (κ2) is 8.29. The van der Waals surface area contributed by atoms with Crippen LogP contribution in [-0.2, 0) is 14.8 Å². The first-order valence-electron chi connectivity index (χ1n) is 9.10. The summed E-state index contributed by atoms with van der Waals surface area (Å²) in [5.74, 6) is 0.897. The number of carbonyl (C=O) groups is 1. The van der Waals surface area contributed by atoms with E-state index >= 15 is 0 Å². The number of nitrogens with zero attached hydrogens (tertiary/aromatic N) is 1. The summed E-state index contributed by atoms with van der Waals surface area (Å²) in [4.78, 5) is 14.4. The van der Waals surface area contributed by atoms with Gasteiger partial charge in [-0.1, -0.05) is 18.2 Å². The van der Waals surface area contributed by atoms with Crippen LogP contribution in [0.2, 0.25) is 0 Å². The molecule has 0 radical (unpaired) electrons. The quantitative estimate of drug-likeness (QED) is 0.729. The minimum atomic E-state index is -3.54. The summed E-state index contributed by atoms with van der Waals surface area (Å²) in [5, 5.41) is 3.59. The first-order valence-corrected chi connectivity index (χ1v) is 10.6. The highest BCUT2D eigenvalue weighted by atomic mass is 32.2. The zero-order valence-electron chi connectivity index (χ0n) is 14.5. The number of sulfonamides is 1. The molecule has 0 aromatic heterocycles. The Morgan fingerprint density at radius 1 is 1.08 bits per heavy atom. The molecule has 7 heteroatoms. The highest BCUT2D eigenvalue weighted by molar-refractivity contribution is 7.89. The monoisotopic (exact) mass is 365 g/mol. The smallest absolute Gasteiger partial charge is 0.240 e. The van der Waals surface area contributed by atoms with Crippen LogP contribution in [0.3, 0.4) is 0 Å². The van der Waals surface area contributed by atoms with Crippen LogP contribution in [0.1, 0.15) is 32.1 Å². The van der Waals surface area contributed by atoms with E-state index in [1.807, 2.05) is 4.90 Å². The van der Waals surface area contributed by atoms with Gasteiger partial charge in [-0.3, -0.25) is 4.79 Å². The Morgan fingerprint density at radius 2 is 1.76 bits per heavy atom. The number of piperidine rings is 1. The molecule has 1 amide bonds. The number of rotatable bonds is 8. The van der Waals surface area contributed by atoms with E-state index in [2.05, 4.69) is 10.0 Å². The van der Waals surface area contributed by atoms with Crippen LogP contribution in [0.25, 0.3) is 0 Å². The summed E-state index contributed by atoms with van der Waals surface area (Å²) in [7, 11) is -3.54. The summed E-state index contributed by atoms with van der Waals surface area (Å²) >= 11 is 0. The molecule has 2 fully saturated rings. The molecule has 0 atom stereocenters. The topological polar surface area (TPSA) is 78.5 Å². The van der Waals surface area contributed by atoms with Crippen LogP contribution in [0.4, 0.5) is 0 Å². The Hall–Kier alpha value is -1.44. The van der Waals surface area contributed by atoms with Crippen molar-refractivity contribution in [3.8, 4) is 0 Å². The highest BCUT2D eigenvalue weighted by Gasteiger charge is 2.26. The minimum Gasteiger partial charge on any atom is -0.343 e. The Morgan fingerprint density at radius 3 is 2.40 bits per heavy atom. The van der Waals surface area contributed by atoms with E-state index in [0.717, 1.165) is 38.4 Å². The third-order valence-electron chi connectivity index (χ3n) is 4.92. The summed E-state index contributed by atoms with van der Waals surface area (Å²) < 4.78 is 26.7. The number of benzene rings is 1. The van der Waals surface area contributed by atoms with E-state index in [0.29, 0.717) is 6.04 Å². The summed E-state index contributed by atoms with van der Waals surface area (Å²) in [5.41, 5.74) is 0. The van der Waals surface area contributed by atoms with Crippen LogP contribution < -0.4 is 10.0 Å². The van der Waals surface area contributed by atoms with E-state index < -0.39 is 10.0 Å². The SMILES string of the molecule is O=C(CCNS(=O)(=O)c1ccccc1)N1CCC(NCC2CC2)CC1. The molecule has 1 aliphatic heterocycles. The molecule has 1 heterocycles. The molecular formula is C18H27N3O3S. The number of nitrogens with one attached hydrogen (secondary N) is 2. The van der Waals surface area contributed by atoms with Crippen molar-refractivity contribution in [3.05, 3.63) is 30.3 Å². The third kappa shape index (κ3) is 5.52. The van der Waals surface area contributed by atoms with Crippen LogP contribution in [-0.4, -0.2) is 51.4 Å². The lowest BCUT2D eigenvalue weighted by Gasteiger charge is -2.32. The molecule has 3 rings (SSSR count). The van der Waals surface area contributed by atoms with Crippen molar-refractivity contribution in [3.63, 3.8) is 0 Å². The zero-order chi connectivity index (χ0) is 17.7. The predicted octanol–water partition coefficient (Wildman–Crippen LogP) is 1.35. The average molecular weight is 365 g/mol. The van der Waals surface area contributed by atoms with Gasteiger partial charge in [0.05, 0.1) is 4.90 Å². The lowest BCUT2D eigenvalue weighted by atomic mass is 10.0. The number of hydrogen-bond donors (Lipinski definition) is 2. The highest BCUT2D eigenvalue weighted by Crippen LogP contribution is 2.28. The van der Waals surface area contributed by atoms with Crippen molar-refractivity contribution in [2.24, 2.45) is 5.92 Å². The summed E-state index contributed by atoms with van der Waals surface area (Å²) in [6.07, 6.45) is 4.86. The van der Waals surface area contributed by atoms with Gasteiger partial charge in [0.2, 0.25) is 15.9 Å². The van der Waals surface area contributed by atoms with Crippen LogP contribution in [0, 0.1) is 5.92 Å². The Bertz CT molecular complexity index is 666. The van der Waals surface area contributed by atoms with Gasteiger partial charge < -0.3 is 10.2 Å². The zero-order valence-corrected chi connectivity index (χ0v) is 15.3. The fraction of sp³-hybridized carbons (Fsp3) is 0.611. The van der Waals surface area contributed by atoms with Crippen LogP contribution >= 0.6 is 0 Å². The average Bonchev–Trinajstić information content (AvgIpc) is 3.45. The first-order chi connectivity index (χ1) is 12.0. The van der Waals surface area contributed by atoms with Gasteiger partial charge in [-0.25, -0.2) is 13.1 Å². The van der Waals surface area contributed by atoms with Crippen molar-refractivity contribution in [1.29, 1.82) is 0 Å². The van der Waals surface area contributed by atoms with Gasteiger partial charge >= 0.3 is 0 Å². The van der Waals surface area contributed by atoms with Crippen molar-refractivity contribution >= 4 is 15.9 Å². The Labute approximate surface area is 150 Å². The molecule has 2 aliphatic rings. The van der Waals surface area contributed by atoms with Crippen molar-refractivity contribution < 1.29 is 13.2 Å². The summed E-state index contributed by atoms with van der Waals surface area (Å²) in [6, 6.07) is 8.74. The molecule has 1 aromatic rings. The number of amides is 1. The molecule has 1 aromatic carbocycles. The molecule has 1 aliphatic carbocycles. The maximum atomic E-state index is 12.3. The lowest BCUT2D eigenvalue weighted by Crippen LogP contribution is -2.46. The molecule has 138 valence electrons. The van der Waals surface area contributed by atoms with E-state index in [9.17, 15) is 13.2 Å². The molecule has 1 saturated carbocycles. The molecule has 1 saturated heterocycles. The molecular weight excluding hydrogens is 338 g/mol. The predicted molar refractivity (Wildman–Crippen MR) is 96.6 cm³/mol. The Balaban J connectivity index is 1.36. The lowest BCUT2D eigenvalue weighted by molar-refractivity contribution is -0.132. The van der Waals surface area contributed by atoms with Crippen molar-refractivity contribution in [2.75, 3.05) is 26.2 Å². The van der Waals surface area contributed by atoms with Crippen molar-refractivity contribution in [2.45, 2.75) is 43.0 Å².